The first kappa shape index (κ1) is 14.5. The molecule has 0 spiro atoms. The molecule has 1 saturated heterocycles. The molecule has 0 aromatic rings. The molecule has 100 valence electrons. The zero-order valence-corrected chi connectivity index (χ0v) is 11.0. The van der Waals surface area contributed by atoms with Crippen LogP contribution >= 0.6 is 0 Å². The molecule has 0 bridgehead atoms. The van der Waals surface area contributed by atoms with Crippen molar-refractivity contribution >= 4 is 5.97 Å². The number of carboxylic acids is 1. The first-order valence-corrected chi connectivity index (χ1v) is 6.71. The molecule has 0 amide bonds. The second-order valence-electron chi connectivity index (χ2n) is 5.10. The summed E-state index contributed by atoms with van der Waals surface area (Å²) in [5.41, 5.74) is -1.01. The predicted molar refractivity (Wildman–Crippen MR) is 66.9 cm³/mol. The Morgan fingerprint density at radius 1 is 1.35 bits per heavy atom. The second-order valence-corrected chi connectivity index (χ2v) is 5.10. The quantitative estimate of drug-likeness (QED) is 0.772. The van der Waals surface area contributed by atoms with Gasteiger partial charge in [0.25, 0.3) is 0 Å². The molecule has 1 aliphatic heterocycles. The Labute approximate surface area is 104 Å². The Kier molecular flexibility index (Phi) is 5.40. The van der Waals surface area contributed by atoms with Crippen molar-refractivity contribution < 1.29 is 15.0 Å². The average Bonchev–Trinajstić information content (AvgIpc) is 2.43. The maximum Gasteiger partial charge on any atom is 0.309 e. The average molecular weight is 243 g/mol. The Morgan fingerprint density at radius 2 is 2.06 bits per heavy atom. The summed E-state index contributed by atoms with van der Waals surface area (Å²) < 4.78 is 0. The van der Waals surface area contributed by atoms with Gasteiger partial charge in [-0.25, -0.2) is 0 Å². The molecule has 1 rings (SSSR count). The fourth-order valence-electron chi connectivity index (χ4n) is 2.87. The fraction of sp³-hybridized carbons (Fsp3) is 0.923. The summed E-state index contributed by atoms with van der Waals surface area (Å²) in [6.07, 6.45) is 3.68. The zero-order chi connectivity index (χ0) is 12.9. The van der Waals surface area contributed by atoms with Crippen molar-refractivity contribution in [2.75, 3.05) is 19.6 Å². The van der Waals surface area contributed by atoms with E-state index in [1.54, 1.807) is 0 Å². The summed E-state index contributed by atoms with van der Waals surface area (Å²) in [6, 6.07) is 0. The molecule has 0 aromatic heterocycles. The minimum absolute atomic E-state index is 0.500. The number of rotatable bonds is 5. The van der Waals surface area contributed by atoms with Crippen molar-refractivity contribution in [3.8, 4) is 0 Å². The van der Waals surface area contributed by atoms with Crippen molar-refractivity contribution in [1.82, 2.24) is 4.90 Å². The highest BCUT2D eigenvalue weighted by Gasteiger charge is 2.41. The molecule has 1 aliphatic rings. The van der Waals surface area contributed by atoms with E-state index in [1.807, 2.05) is 6.92 Å². The van der Waals surface area contributed by atoms with Crippen LogP contribution in [0.25, 0.3) is 0 Å². The van der Waals surface area contributed by atoms with Gasteiger partial charge in [0.2, 0.25) is 0 Å². The van der Waals surface area contributed by atoms with E-state index in [0.717, 1.165) is 32.5 Å². The van der Waals surface area contributed by atoms with Gasteiger partial charge in [-0.05, 0) is 45.2 Å². The molecule has 2 atom stereocenters. The van der Waals surface area contributed by atoms with Gasteiger partial charge in [0.05, 0.1) is 11.5 Å². The number of aliphatic hydroxyl groups is 1. The lowest BCUT2D eigenvalue weighted by Gasteiger charge is -2.32. The number of carbonyl (C=O) groups is 1. The highest BCUT2D eigenvalue weighted by Crippen LogP contribution is 2.32. The Balaban J connectivity index is 2.67. The first-order chi connectivity index (χ1) is 8.03. The van der Waals surface area contributed by atoms with E-state index in [-0.39, 0.29) is 0 Å². The molecule has 4 nitrogen and oxygen atoms in total. The van der Waals surface area contributed by atoms with E-state index in [4.69, 9.17) is 0 Å². The van der Waals surface area contributed by atoms with Gasteiger partial charge < -0.3 is 15.1 Å². The predicted octanol–water partition coefficient (Wildman–Crippen LogP) is 1.72. The van der Waals surface area contributed by atoms with Gasteiger partial charge in [0, 0.05) is 6.54 Å². The molecule has 0 saturated carbocycles. The van der Waals surface area contributed by atoms with Crippen molar-refractivity contribution in [3.05, 3.63) is 0 Å². The maximum absolute atomic E-state index is 11.2. The Bertz CT molecular complexity index is 257. The number of hydrogen-bond acceptors (Lipinski definition) is 3. The molecule has 1 heterocycles. The van der Waals surface area contributed by atoms with Gasteiger partial charge in [-0.3, -0.25) is 4.79 Å². The number of carboxylic acid groups (broad SMARTS) is 1. The summed E-state index contributed by atoms with van der Waals surface area (Å²) in [6.45, 7) is 6.81. The third-order valence-corrected chi connectivity index (χ3v) is 3.84. The molecular formula is C13H25NO3. The summed E-state index contributed by atoms with van der Waals surface area (Å²) >= 11 is 0. The van der Waals surface area contributed by atoms with Crippen molar-refractivity contribution in [1.29, 1.82) is 0 Å². The SMILES string of the molecule is CCCN1CCCC(O)(C(CC)C(=O)O)CC1. The van der Waals surface area contributed by atoms with Crippen LogP contribution in [0.15, 0.2) is 0 Å². The van der Waals surface area contributed by atoms with E-state index < -0.39 is 17.5 Å². The van der Waals surface area contributed by atoms with Gasteiger partial charge in [0.15, 0.2) is 0 Å². The van der Waals surface area contributed by atoms with E-state index in [0.29, 0.717) is 19.3 Å². The third kappa shape index (κ3) is 3.68. The van der Waals surface area contributed by atoms with Crippen LogP contribution < -0.4 is 0 Å². The van der Waals surface area contributed by atoms with Gasteiger partial charge in [-0.15, -0.1) is 0 Å². The van der Waals surface area contributed by atoms with Crippen LogP contribution in [0.3, 0.4) is 0 Å². The minimum atomic E-state index is -1.01. The van der Waals surface area contributed by atoms with Crippen LogP contribution in [-0.2, 0) is 4.79 Å². The molecule has 4 heteroatoms. The summed E-state index contributed by atoms with van der Waals surface area (Å²) in [5, 5.41) is 19.7. The van der Waals surface area contributed by atoms with Crippen molar-refractivity contribution in [2.45, 2.75) is 51.6 Å². The summed E-state index contributed by atoms with van der Waals surface area (Å²) in [5.74, 6) is -1.48. The molecule has 1 fully saturated rings. The van der Waals surface area contributed by atoms with E-state index in [2.05, 4.69) is 11.8 Å². The van der Waals surface area contributed by atoms with Gasteiger partial charge >= 0.3 is 5.97 Å². The van der Waals surface area contributed by atoms with Gasteiger partial charge in [-0.1, -0.05) is 13.8 Å². The van der Waals surface area contributed by atoms with Crippen LogP contribution in [0.1, 0.15) is 46.0 Å². The number of nitrogens with zero attached hydrogens (tertiary/aromatic N) is 1. The largest absolute Gasteiger partial charge is 0.481 e. The fourth-order valence-corrected chi connectivity index (χ4v) is 2.87. The van der Waals surface area contributed by atoms with Crippen LogP contribution in [0.2, 0.25) is 0 Å². The summed E-state index contributed by atoms with van der Waals surface area (Å²) in [7, 11) is 0. The highest BCUT2D eigenvalue weighted by molar-refractivity contribution is 5.71. The molecule has 17 heavy (non-hydrogen) atoms. The summed E-state index contributed by atoms with van der Waals surface area (Å²) in [4.78, 5) is 13.5. The van der Waals surface area contributed by atoms with E-state index in [1.165, 1.54) is 0 Å². The topological polar surface area (TPSA) is 60.8 Å². The lowest BCUT2D eigenvalue weighted by atomic mass is 9.80. The Morgan fingerprint density at radius 3 is 2.59 bits per heavy atom. The van der Waals surface area contributed by atoms with Crippen molar-refractivity contribution in [3.63, 3.8) is 0 Å². The minimum Gasteiger partial charge on any atom is -0.481 e. The normalized spacial score (nSPS) is 28.6. The molecule has 0 aromatic carbocycles. The molecular weight excluding hydrogens is 218 g/mol. The lowest BCUT2D eigenvalue weighted by molar-refractivity contribution is -0.153. The smallest absolute Gasteiger partial charge is 0.309 e. The number of hydrogen-bond donors (Lipinski definition) is 2. The number of aliphatic carboxylic acids is 1. The van der Waals surface area contributed by atoms with Gasteiger partial charge in [-0.2, -0.15) is 0 Å². The van der Waals surface area contributed by atoms with Crippen LogP contribution in [0.4, 0.5) is 0 Å². The molecule has 0 aliphatic carbocycles. The van der Waals surface area contributed by atoms with E-state index >= 15 is 0 Å². The first-order valence-electron chi connectivity index (χ1n) is 6.71. The van der Waals surface area contributed by atoms with Crippen molar-refractivity contribution in [2.24, 2.45) is 5.92 Å². The standard InChI is InChI=1S/C13H25NO3/c1-3-8-14-9-5-6-13(17,7-10-14)11(4-2)12(15)16/h11,17H,3-10H2,1-2H3,(H,15,16). The van der Waals surface area contributed by atoms with Crippen LogP contribution in [-0.4, -0.2) is 46.3 Å². The Hall–Kier alpha value is -0.610. The molecule has 2 N–H and O–H groups in total. The van der Waals surface area contributed by atoms with Crippen LogP contribution in [0, 0.1) is 5.92 Å². The highest BCUT2D eigenvalue weighted by atomic mass is 16.4. The zero-order valence-electron chi connectivity index (χ0n) is 11.0. The van der Waals surface area contributed by atoms with Gasteiger partial charge in [0.1, 0.15) is 0 Å². The maximum atomic E-state index is 11.2. The monoisotopic (exact) mass is 243 g/mol. The lowest BCUT2D eigenvalue weighted by Crippen LogP contribution is -2.43. The third-order valence-electron chi connectivity index (χ3n) is 3.84. The molecule has 2 unspecified atom stereocenters. The molecule has 0 radical (unpaired) electrons. The van der Waals surface area contributed by atoms with E-state index in [9.17, 15) is 15.0 Å². The number of likely N-dealkylation sites (tertiary alicyclic amines) is 1. The second kappa shape index (κ2) is 6.36. The van der Waals surface area contributed by atoms with Crippen LogP contribution in [0.5, 0.6) is 0 Å².